The number of ether oxygens (including phenoxy) is 1. The smallest absolute Gasteiger partial charge is 0.0620 e. The number of hydrogen-bond acceptors (Lipinski definition) is 3. The van der Waals surface area contributed by atoms with Gasteiger partial charge in [-0.2, -0.15) is 0 Å². The summed E-state index contributed by atoms with van der Waals surface area (Å²) in [6.07, 6.45) is 1.27. The van der Waals surface area contributed by atoms with Gasteiger partial charge in [0, 0.05) is 32.3 Å². The zero-order valence-corrected chi connectivity index (χ0v) is 9.92. The van der Waals surface area contributed by atoms with Gasteiger partial charge in [-0.25, -0.2) is 0 Å². The van der Waals surface area contributed by atoms with Gasteiger partial charge in [-0.05, 0) is 19.4 Å². The maximum absolute atomic E-state index is 5.28. The van der Waals surface area contributed by atoms with Crippen LogP contribution in [0.1, 0.15) is 20.3 Å². The summed E-state index contributed by atoms with van der Waals surface area (Å²) in [6, 6.07) is 1.26. The van der Waals surface area contributed by atoms with Crippen LogP contribution in [0.15, 0.2) is 0 Å². The quantitative estimate of drug-likeness (QED) is 0.715. The van der Waals surface area contributed by atoms with E-state index in [1.807, 2.05) is 0 Å². The third kappa shape index (κ3) is 2.94. The Labute approximate surface area is 87.8 Å². The first-order chi connectivity index (χ1) is 6.69. The van der Waals surface area contributed by atoms with Crippen LogP contribution in [0.5, 0.6) is 0 Å². The summed E-state index contributed by atoms with van der Waals surface area (Å²) in [5, 5.41) is 3.35. The second-order valence-corrected chi connectivity index (χ2v) is 4.54. The first-order valence-electron chi connectivity index (χ1n) is 5.59. The number of likely N-dealkylation sites (N-methyl/N-ethyl adjacent to an activating group) is 1. The maximum atomic E-state index is 5.28. The van der Waals surface area contributed by atoms with Crippen LogP contribution in [0.4, 0.5) is 0 Å². The Morgan fingerprint density at radius 1 is 1.50 bits per heavy atom. The Balaban J connectivity index is 2.44. The predicted octanol–water partition coefficient (Wildman–Crippen LogP) is 0.951. The Bertz CT molecular complexity index is 161. The largest absolute Gasteiger partial charge is 0.383 e. The minimum Gasteiger partial charge on any atom is -0.383 e. The topological polar surface area (TPSA) is 24.5 Å². The molecule has 84 valence electrons. The summed E-state index contributed by atoms with van der Waals surface area (Å²) in [4.78, 5) is 2.55. The molecule has 1 aliphatic heterocycles. The fraction of sp³-hybridized carbons (Fsp3) is 1.00. The van der Waals surface area contributed by atoms with Crippen molar-refractivity contribution in [3.05, 3.63) is 0 Å². The van der Waals surface area contributed by atoms with Crippen LogP contribution >= 0.6 is 0 Å². The molecule has 14 heavy (non-hydrogen) atoms. The Hall–Kier alpha value is -0.120. The molecule has 1 saturated heterocycles. The van der Waals surface area contributed by atoms with Gasteiger partial charge >= 0.3 is 0 Å². The number of rotatable bonds is 5. The molecule has 0 amide bonds. The van der Waals surface area contributed by atoms with Gasteiger partial charge in [0.25, 0.3) is 0 Å². The second kappa shape index (κ2) is 5.69. The van der Waals surface area contributed by atoms with Gasteiger partial charge in [0.15, 0.2) is 0 Å². The lowest BCUT2D eigenvalue weighted by atomic mass is 10.0. The van der Waals surface area contributed by atoms with Crippen molar-refractivity contribution >= 4 is 0 Å². The van der Waals surface area contributed by atoms with Crippen molar-refractivity contribution in [1.29, 1.82) is 0 Å². The molecule has 0 aliphatic carbocycles. The molecular formula is C11H24N2O. The van der Waals surface area contributed by atoms with E-state index in [1.165, 1.54) is 19.5 Å². The minimum absolute atomic E-state index is 0.582. The summed E-state index contributed by atoms with van der Waals surface area (Å²) >= 11 is 0. The summed E-state index contributed by atoms with van der Waals surface area (Å²) in [6.45, 7) is 7.78. The van der Waals surface area contributed by atoms with E-state index in [1.54, 1.807) is 7.11 Å². The molecule has 0 saturated carbocycles. The third-order valence-corrected chi connectivity index (χ3v) is 3.20. The molecule has 0 aromatic rings. The second-order valence-electron chi connectivity index (χ2n) is 4.54. The van der Waals surface area contributed by atoms with E-state index in [2.05, 4.69) is 31.1 Å². The van der Waals surface area contributed by atoms with Crippen molar-refractivity contribution in [2.24, 2.45) is 5.92 Å². The highest BCUT2D eigenvalue weighted by Crippen LogP contribution is 2.18. The standard InChI is InChI=1S/C11H24N2O/c1-9(2)11(8-14-4)13-6-5-10(7-13)12-3/h9-12H,5-8H2,1-4H3. The van der Waals surface area contributed by atoms with Crippen LogP contribution in [0.3, 0.4) is 0 Å². The average Bonchev–Trinajstić information content (AvgIpc) is 2.61. The summed E-state index contributed by atoms with van der Waals surface area (Å²) in [5.74, 6) is 0.672. The van der Waals surface area contributed by atoms with E-state index < -0.39 is 0 Å². The fourth-order valence-corrected chi connectivity index (χ4v) is 2.21. The molecule has 1 aliphatic rings. The van der Waals surface area contributed by atoms with Gasteiger partial charge in [0.2, 0.25) is 0 Å². The van der Waals surface area contributed by atoms with Gasteiger partial charge < -0.3 is 10.1 Å². The fourth-order valence-electron chi connectivity index (χ4n) is 2.21. The van der Waals surface area contributed by atoms with Crippen molar-refractivity contribution in [1.82, 2.24) is 10.2 Å². The first-order valence-corrected chi connectivity index (χ1v) is 5.59. The zero-order valence-electron chi connectivity index (χ0n) is 9.92. The van der Waals surface area contributed by atoms with E-state index in [0.29, 0.717) is 18.0 Å². The predicted molar refractivity (Wildman–Crippen MR) is 59.5 cm³/mol. The lowest BCUT2D eigenvalue weighted by Gasteiger charge is -2.30. The lowest BCUT2D eigenvalue weighted by molar-refractivity contribution is 0.0780. The number of methoxy groups -OCH3 is 1. The zero-order chi connectivity index (χ0) is 10.6. The molecule has 0 spiro atoms. The van der Waals surface area contributed by atoms with Crippen LogP contribution in [0.25, 0.3) is 0 Å². The Kier molecular flexibility index (Phi) is 4.85. The van der Waals surface area contributed by atoms with Crippen LogP contribution < -0.4 is 5.32 Å². The number of hydrogen-bond donors (Lipinski definition) is 1. The molecule has 0 aromatic heterocycles. The van der Waals surface area contributed by atoms with Crippen LogP contribution in [0, 0.1) is 5.92 Å². The van der Waals surface area contributed by atoms with E-state index >= 15 is 0 Å². The molecule has 1 rings (SSSR count). The van der Waals surface area contributed by atoms with Gasteiger partial charge in [-0.15, -0.1) is 0 Å². The van der Waals surface area contributed by atoms with Gasteiger partial charge in [-0.3, -0.25) is 4.90 Å². The monoisotopic (exact) mass is 200 g/mol. The molecule has 3 heteroatoms. The summed E-state index contributed by atoms with van der Waals surface area (Å²) < 4.78 is 5.28. The molecule has 2 unspecified atom stereocenters. The Morgan fingerprint density at radius 2 is 2.21 bits per heavy atom. The van der Waals surface area contributed by atoms with Crippen LogP contribution in [-0.2, 0) is 4.74 Å². The highest BCUT2D eigenvalue weighted by Gasteiger charge is 2.28. The van der Waals surface area contributed by atoms with Crippen molar-refractivity contribution in [3.8, 4) is 0 Å². The van der Waals surface area contributed by atoms with E-state index in [4.69, 9.17) is 4.74 Å². The SMILES string of the molecule is CNC1CCN(C(COC)C(C)C)C1. The maximum Gasteiger partial charge on any atom is 0.0620 e. The molecule has 0 aromatic carbocycles. The minimum atomic E-state index is 0.582. The van der Waals surface area contributed by atoms with E-state index in [-0.39, 0.29) is 0 Å². The van der Waals surface area contributed by atoms with Crippen molar-refractivity contribution in [3.63, 3.8) is 0 Å². The van der Waals surface area contributed by atoms with Crippen LogP contribution in [0.2, 0.25) is 0 Å². The summed E-state index contributed by atoms with van der Waals surface area (Å²) in [5.41, 5.74) is 0. The molecule has 0 bridgehead atoms. The molecule has 1 N–H and O–H groups in total. The van der Waals surface area contributed by atoms with E-state index in [0.717, 1.165) is 6.61 Å². The van der Waals surface area contributed by atoms with Gasteiger partial charge in [-0.1, -0.05) is 13.8 Å². The van der Waals surface area contributed by atoms with Gasteiger partial charge in [0.1, 0.15) is 0 Å². The average molecular weight is 200 g/mol. The molecule has 0 radical (unpaired) electrons. The van der Waals surface area contributed by atoms with Gasteiger partial charge in [0.05, 0.1) is 6.61 Å². The van der Waals surface area contributed by atoms with Crippen LogP contribution in [-0.4, -0.2) is 50.8 Å². The normalized spacial score (nSPS) is 25.9. The molecule has 2 atom stereocenters. The van der Waals surface area contributed by atoms with Crippen molar-refractivity contribution in [2.75, 3.05) is 33.9 Å². The highest BCUT2D eigenvalue weighted by molar-refractivity contribution is 4.85. The third-order valence-electron chi connectivity index (χ3n) is 3.20. The van der Waals surface area contributed by atoms with Crippen molar-refractivity contribution in [2.45, 2.75) is 32.4 Å². The van der Waals surface area contributed by atoms with Crippen molar-refractivity contribution < 1.29 is 4.74 Å². The highest BCUT2D eigenvalue weighted by atomic mass is 16.5. The molecule has 3 nitrogen and oxygen atoms in total. The van der Waals surface area contributed by atoms with E-state index in [9.17, 15) is 0 Å². The number of nitrogens with one attached hydrogen (secondary N) is 1. The molecule has 1 fully saturated rings. The summed E-state index contributed by atoms with van der Waals surface area (Å²) in [7, 11) is 3.84. The number of likely N-dealkylation sites (tertiary alicyclic amines) is 1. The first kappa shape index (κ1) is 12.0. The number of nitrogens with zero attached hydrogens (tertiary/aromatic N) is 1. The Morgan fingerprint density at radius 3 is 2.64 bits per heavy atom. The molecule has 1 heterocycles. The molecular weight excluding hydrogens is 176 g/mol. The lowest BCUT2D eigenvalue weighted by Crippen LogP contribution is -2.42.